The van der Waals surface area contributed by atoms with Gasteiger partial charge in [0.15, 0.2) is 0 Å². The second-order valence-corrected chi connectivity index (χ2v) is 7.81. The summed E-state index contributed by atoms with van der Waals surface area (Å²) in [5.74, 6) is -0.350. The third-order valence-corrected chi connectivity index (χ3v) is 5.66. The van der Waals surface area contributed by atoms with Crippen molar-refractivity contribution in [3.05, 3.63) is 70.7 Å². The molecule has 1 aliphatic heterocycles. The molecular formula is C24H26FN3O. The van der Waals surface area contributed by atoms with Crippen LogP contribution in [0.2, 0.25) is 0 Å². The van der Waals surface area contributed by atoms with Crippen LogP contribution in [-0.4, -0.2) is 36.0 Å². The average molecular weight is 391 g/mol. The molecule has 0 aliphatic carbocycles. The Bertz CT molecular complexity index is 1100. The van der Waals surface area contributed by atoms with Gasteiger partial charge in [-0.1, -0.05) is 23.8 Å². The van der Waals surface area contributed by atoms with Crippen molar-refractivity contribution in [2.45, 2.75) is 26.3 Å². The number of benzene rings is 2. The zero-order chi connectivity index (χ0) is 20.5. The van der Waals surface area contributed by atoms with Gasteiger partial charge in [0.2, 0.25) is 5.91 Å². The summed E-state index contributed by atoms with van der Waals surface area (Å²) in [6.45, 7) is 4.02. The zero-order valence-electron chi connectivity index (χ0n) is 17.1. The maximum atomic E-state index is 13.5. The molecule has 0 saturated heterocycles. The van der Waals surface area contributed by atoms with E-state index in [0.717, 1.165) is 36.2 Å². The molecule has 4 nitrogen and oxygen atoms in total. The van der Waals surface area contributed by atoms with Crippen LogP contribution in [0.25, 0.3) is 22.7 Å². The van der Waals surface area contributed by atoms with Gasteiger partial charge >= 0.3 is 0 Å². The highest BCUT2D eigenvalue weighted by Gasteiger charge is 2.22. The number of hydrogen-bond acceptors (Lipinski definition) is 2. The number of likely N-dealkylation sites (N-methyl/N-ethyl adjacent to an activating group) is 1. The van der Waals surface area contributed by atoms with E-state index in [0.29, 0.717) is 0 Å². The summed E-state index contributed by atoms with van der Waals surface area (Å²) < 4.78 is 15.7. The van der Waals surface area contributed by atoms with Gasteiger partial charge in [0.1, 0.15) is 5.82 Å². The first-order valence-corrected chi connectivity index (χ1v) is 9.94. The van der Waals surface area contributed by atoms with Crippen molar-refractivity contribution in [3.63, 3.8) is 0 Å². The van der Waals surface area contributed by atoms with Crippen LogP contribution in [0, 0.1) is 12.7 Å². The summed E-state index contributed by atoms with van der Waals surface area (Å²) in [7, 11) is 3.78. The van der Waals surface area contributed by atoms with Crippen molar-refractivity contribution in [2.24, 2.45) is 0 Å². The number of rotatable bonds is 4. The second-order valence-electron chi connectivity index (χ2n) is 7.81. The number of fused-ring (bicyclic) bond motifs is 3. The lowest BCUT2D eigenvalue weighted by atomic mass is 10.0. The Morgan fingerprint density at radius 1 is 1.21 bits per heavy atom. The van der Waals surface area contributed by atoms with E-state index in [2.05, 4.69) is 53.2 Å². The molecule has 1 amide bonds. The Labute approximate surface area is 170 Å². The SMILES string of the molecule is CNC(=O)C/C(=C\n1c2c(c3cc(C)ccc31)CN(C)CC2)c1ccc(F)cc1. The van der Waals surface area contributed by atoms with Crippen molar-refractivity contribution < 1.29 is 9.18 Å². The van der Waals surface area contributed by atoms with Crippen LogP contribution in [0.5, 0.6) is 0 Å². The molecule has 0 radical (unpaired) electrons. The fourth-order valence-electron chi connectivity index (χ4n) is 4.09. The predicted octanol–water partition coefficient (Wildman–Crippen LogP) is 4.21. The first-order chi connectivity index (χ1) is 14.0. The van der Waals surface area contributed by atoms with Crippen LogP contribution >= 0.6 is 0 Å². The monoisotopic (exact) mass is 391 g/mol. The fraction of sp³-hybridized carbons (Fsp3) is 0.292. The van der Waals surface area contributed by atoms with E-state index in [4.69, 9.17) is 0 Å². The number of nitrogens with one attached hydrogen (secondary N) is 1. The Morgan fingerprint density at radius 2 is 1.97 bits per heavy atom. The van der Waals surface area contributed by atoms with Crippen molar-refractivity contribution in [3.8, 4) is 0 Å². The van der Waals surface area contributed by atoms with Gasteiger partial charge in [-0.15, -0.1) is 0 Å². The quantitative estimate of drug-likeness (QED) is 0.723. The minimum absolute atomic E-state index is 0.0681. The Morgan fingerprint density at radius 3 is 2.69 bits per heavy atom. The highest BCUT2D eigenvalue weighted by Crippen LogP contribution is 2.33. The molecule has 2 aromatic carbocycles. The molecule has 0 bridgehead atoms. The minimum Gasteiger partial charge on any atom is -0.359 e. The molecule has 0 spiro atoms. The predicted molar refractivity (Wildman–Crippen MR) is 116 cm³/mol. The molecule has 1 aromatic heterocycles. The van der Waals surface area contributed by atoms with E-state index in [9.17, 15) is 9.18 Å². The molecule has 1 aliphatic rings. The Kier molecular flexibility index (Phi) is 5.24. The van der Waals surface area contributed by atoms with Crippen LogP contribution in [0.3, 0.4) is 0 Å². The molecule has 1 N–H and O–H groups in total. The van der Waals surface area contributed by atoms with Gasteiger partial charge in [0.05, 0.1) is 11.9 Å². The maximum Gasteiger partial charge on any atom is 0.224 e. The molecule has 2 heterocycles. The minimum atomic E-state index is -0.282. The lowest BCUT2D eigenvalue weighted by Gasteiger charge is -2.23. The summed E-state index contributed by atoms with van der Waals surface area (Å²) in [4.78, 5) is 14.5. The number of amides is 1. The van der Waals surface area contributed by atoms with Crippen LogP contribution in [0.15, 0.2) is 42.5 Å². The molecule has 4 rings (SSSR count). The van der Waals surface area contributed by atoms with Gasteiger partial charge in [0, 0.05) is 43.8 Å². The summed E-state index contributed by atoms with van der Waals surface area (Å²) in [5.41, 5.74) is 6.74. The lowest BCUT2D eigenvalue weighted by molar-refractivity contribution is -0.119. The van der Waals surface area contributed by atoms with Crippen LogP contribution in [0.4, 0.5) is 4.39 Å². The normalized spacial score (nSPS) is 14.8. The van der Waals surface area contributed by atoms with Gasteiger partial charge in [0.25, 0.3) is 0 Å². The largest absolute Gasteiger partial charge is 0.359 e. The average Bonchev–Trinajstić information content (AvgIpc) is 3.00. The number of nitrogens with zero attached hydrogens (tertiary/aromatic N) is 2. The van der Waals surface area contributed by atoms with E-state index in [1.165, 1.54) is 34.3 Å². The highest BCUT2D eigenvalue weighted by atomic mass is 19.1. The van der Waals surface area contributed by atoms with Crippen molar-refractivity contribution in [1.29, 1.82) is 0 Å². The molecule has 3 aromatic rings. The fourth-order valence-corrected chi connectivity index (χ4v) is 4.09. The molecule has 0 atom stereocenters. The number of hydrogen-bond donors (Lipinski definition) is 1. The zero-order valence-corrected chi connectivity index (χ0v) is 17.1. The number of aryl methyl sites for hydroxylation is 1. The van der Waals surface area contributed by atoms with E-state index in [1.54, 1.807) is 19.2 Å². The number of carbonyl (C=O) groups excluding carboxylic acids is 1. The summed E-state index contributed by atoms with van der Waals surface area (Å²) >= 11 is 0. The van der Waals surface area contributed by atoms with E-state index >= 15 is 0 Å². The van der Waals surface area contributed by atoms with Crippen molar-refractivity contribution in [2.75, 3.05) is 20.6 Å². The second kappa shape index (κ2) is 7.84. The van der Waals surface area contributed by atoms with Gasteiger partial charge in [-0.05, 0) is 54.9 Å². The highest BCUT2D eigenvalue weighted by molar-refractivity contribution is 5.95. The van der Waals surface area contributed by atoms with Gasteiger partial charge < -0.3 is 14.8 Å². The summed E-state index contributed by atoms with van der Waals surface area (Å²) in [6.07, 6.45) is 3.25. The van der Waals surface area contributed by atoms with Gasteiger partial charge in [-0.2, -0.15) is 0 Å². The molecule has 5 heteroatoms. The van der Waals surface area contributed by atoms with Crippen molar-refractivity contribution >= 4 is 28.6 Å². The molecule has 150 valence electrons. The molecule has 29 heavy (non-hydrogen) atoms. The first-order valence-electron chi connectivity index (χ1n) is 9.94. The number of halogens is 1. The molecule has 0 saturated carbocycles. The van der Waals surface area contributed by atoms with E-state index < -0.39 is 0 Å². The van der Waals surface area contributed by atoms with Crippen LogP contribution < -0.4 is 5.32 Å². The molecule has 0 unspecified atom stereocenters. The van der Waals surface area contributed by atoms with E-state index in [-0.39, 0.29) is 18.1 Å². The Hall–Kier alpha value is -2.92. The third-order valence-electron chi connectivity index (χ3n) is 5.66. The van der Waals surface area contributed by atoms with Crippen molar-refractivity contribution in [1.82, 2.24) is 14.8 Å². The molecule has 0 fully saturated rings. The molecular weight excluding hydrogens is 365 g/mol. The standard InChI is InChI=1S/C24H26FN3O/c1-16-4-9-22-20(12-16)21-15-27(3)11-10-23(21)28(22)14-18(13-24(29)26-2)17-5-7-19(25)8-6-17/h4-9,12,14H,10-11,13,15H2,1-3H3,(H,26,29)/b18-14+. The van der Waals surface area contributed by atoms with E-state index in [1.807, 2.05) is 0 Å². The number of carbonyl (C=O) groups is 1. The van der Waals surface area contributed by atoms with Crippen LogP contribution in [0.1, 0.15) is 28.8 Å². The first kappa shape index (κ1) is 19.4. The maximum absolute atomic E-state index is 13.5. The smallest absolute Gasteiger partial charge is 0.224 e. The van der Waals surface area contributed by atoms with Gasteiger partial charge in [-0.25, -0.2) is 4.39 Å². The lowest BCUT2D eigenvalue weighted by Crippen LogP contribution is -2.26. The third kappa shape index (κ3) is 3.83. The van der Waals surface area contributed by atoms with Gasteiger partial charge in [-0.3, -0.25) is 4.79 Å². The topological polar surface area (TPSA) is 37.3 Å². The van der Waals surface area contributed by atoms with Crippen LogP contribution in [-0.2, 0) is 17.8 Å². The summed E-state index contributed by atoms with van der Waals surface area (Å²) in [6, 6.07) is 12.9. The Balaban J connectivity index is 1.91. The number of aromatic nitrogens is 1. The summed E-state index contributed by atoms with van der Waals surface area (Å²) in [5, 5.41) is 3.96.